The van der Waals surface area contributed by atoms with E-state index < -0.39 is 53.1 Å². The van der Waals surface area contributed by atoms with E-state index in [-0.39, 0.29) is 18.4 Å². The number of benzene rings is 1. The molecule has 0 radical (unpaired) electrons. The number of hydrogen-bond donors (Lipinski definition) is 5. The Hall–Kier alpha value is -3.96. The summed E-state index contributed by atoms with van der Waals surface area (Å²) >= 11 is 0. The van der Waals surface area contributed by atoms with Crippen LogP contribution in [0, 0.1) is 17.3 Å². The molecule has 3 aliphatic rings. The maximum Gasteiger partial charge on any atom is 0.315 e. The van der Waals surface area contributed by atoms with E-state index in [1.807, 2.05) is 30.3 Å². The highest BCUT2D eigenvalue weighted by molar-refractivity contribution is 6.37. The molecule has 12 nitrogen and oxygen atoms in total. The normalized spacial score (nSPS) is 18.5. The molecule has 0 spiro atoms. The number of nitrogens with two attached hydrogens (primary N) is 1. The Bertz CT molecular complexity index is 1260. The van der Waals surface area contributed by atoms with Crippen LogP contribution in [0.25, 0.3) is 0 Å². The summed E-state index contributed by atoms with van der Waals surface area (Å²) in [6, 6.07) is 5.76. The molecular weight excluding hydrogens is 636 g/mol. The molecule has 1 aromatic carbocycles. The van der Waals surface area contributed by atoms with Crippen molar-refractivity contribution in [1.29, 1.82) is 0 Å². The molecule has 12 heteroatoms. The number of nitrogens with zero attached hydrogens (tertiary/aromatic N) is 1. The van der Waals surface area contributed by atoms with Crippen molar-refractivity contribution in [2.75, 3.05) is 13.1 Å². The molecule has 3 fully saturated rings. The number of carbonyl (C=O) groups is 6. The number of ketones is 1. The topological polar surface area (TPSA) is 180 Å². The molecule has 3 atom stereocenters. The Morgan fingerprint density at radius 2 is 1.48 bits per heavy atom. The molecule has 1 saturated heterocycles. The van der Waals surface area contributed by atoms with Crippen LogP contribution in [-0.4, -0.2) is 71.6 Å². The summed E-state index contributed by atoms with van der Waals surface area (Å²) in [5.74, 6) is -2.03. The average molecular weight is 699 g/mol. The zero-order valence-electron chi connectivity index (χ0n) is 31.1. The Kier molecular flexibility index (Phi) is 18.0. The van der Waals surface area contributed by atoms with Gasteiger partial charge in [0.2, 0.25) is 23.5 Å². The standard InChI is InChI=1S/C29H42N6O6.C6H12.C3H8/c1-29(2,3)24(34-28(41)32-17-22(36)31-16-19-9-5-4-6-10-19)27(40)35-14-8-13-21(35)26(39)33-20(23(37)25(30)38)15-18-11-7-12-18;1-6-4-2-3-5-6;1-3-2/h4-6,9-10,18,20-21,24H,7-8,11-17H2,1-3H3,(H2,30,38)(H,31,36)(H,33,39)(H2,32,34,41);6H,2-5H2,1H3;3H2,1-2H3. The second-order valence-electron chi connectivity index (χ2n) is 15.0. The van der Waals surface area contributed by atoms with Gasteiger partial charge in [-0.25, -0.2) is 4.79 Å². The van der Waals surface area contributed by atoms with Crippen LogP contribution >= 0.6 is 0 Å². The van der Waals surface area contributed by atoms with Gasteiger partial charge in [-0.1, -0.05) is 123 Å². The number of hydrogen-bond acceptors (Lipinski definition) is 6. The zero-order valence-corrected chi connectivity index (χ0v) is 31.1. The third-order valence-corrected chi connectivity index (χ3v) is 9.28. The Morgan fingerprint density at radius 3 is 1.98 bits per heavy atom. The number of carbonyl (C=O) groups excluding carboxylic acids is 6. The largest absolute Gasteiger partial charge is 0.363 e. The highest BCUT2D eigenvalue weighted by Gasteiger charge is 2.43. The number of urea groups is 1. The van der Waals surface area contributed by atoms with Crippen molar-refractivity contribution in [3.05, 3.63) is 35.9 Å². The Balaban J connectivity index is 0.000000843. The first-order valence-corrected chi connectivity index (χ1v) is 18.5. The molecule has 2 aliphatic carbocycles. The van der Waals surface area contributed by atoms with E-state index in [4.69, 9.17) is 5.73 Å². The number of nitrogens with one attached hydrogen (secondary N) is 4. The summed E-state index contributed by atoms with van der Waals surface area (Å²) in [6.45, 7) is 12.3. The molecule has 0 aromatic heterocycles. The number of rotatable bonds is 12. The SMILES string of the molecule is CC(C)(C)C(NC(=O)NCC(=O)NCc1ccccc1)C(=O)N1CCCC1C(=O)NC(CC1CCC1)C(=O)C(N)=O.CC1CCCC1.CCC. The van der Waals surface area contributed by atoms with Crippen LogP contribution in [0.1, 0.15) is 118 Å². The van der Waals surface area contributed by atoms with Crippen molar-refractivity contribution < 1.29 is 28.8 Å². The average Bonchev–Trinajstić information content (AvgIpc) is 3.74. The fourth-order valence-electron chi connectivity index (χ4n) is 6.18. The van der Waals surface area contributed by atoms with Crippen molar-refractivity contribution in [3.63, 3.8) is 0 Å². The van der Waals surface area contributed by atoms with Gasteiger partial charge in [0.25, 0.3) is 5.91 Å². The van der Waals surface area contributed by atoms with Crippen LogP contribution in [0.2, 0.25) is 0 Å². The van der Waals surface area contributed by atoms with Gasteiger partial charge in [0.15, 0.2) is 0 Å². The molecule has 2 saturated carbocycles. The molecule has 4 rings (SSSR count). The minimum absolute atomic E-state index is 0.235. The van der Waals surface area contributed by atoms with E-state index in [0.29, 0.717) is 32.4 Å². The maximum atomic E-state index is 13.7. The van der Waals surface area contributed by atoms with Gasteiger partial charge in [-0.2, -0.15) is 0 Å². The summed E-state index contributed by atoms with van der Waals surface area (Å²) in [7, 11) is 0. The fourth-order valence-corrected chi connectivity index (χ4v) is 6.18. The van der Waals surface area contributed by atoms with Crippen LogP contribution in [-0.2, 0) is 30.5 Å². The molecular formula is C38H62N6O6. The molecule has 0 bridgehead atoms. The van der Waals surface area contributed by atoms with Crippen molar-refractivity contribution >= 4 is 35.4 Å². The number of likely N-dealkylation sites (tertiary alicyclic amines) is 1. The first-order valence-electron chi connectivity index (χ1n) is 18.5. The molecule has 1 aliphatic heterocycles. The van der Waals surface area contributed by atoms with Crippen molar-refractivity contribution in [3.8, 4) is 0 Å². The van der Waals surface area contributed by atoms with Gasteiger partial charge in [0.05, 0.1) is 12.6 Å². The summed E-state index contributed by atoms with van der Waals surface area (Å²) in [4.78, 5) is 77.3. The van der Waals surface area contributed by atoms with Crippen molar-refractivity contribution in [2.45, 2.75) is 137 Å². The van der Waals surface area contributed by atoms with Gasteiger partial charge in [-0.15, -0.1) is 0 Å². The van der Waals surface area contributed by atoms with E-state index >= 15 is 0 Å². The monoisotopic (exact) mass is 698 g/mol. The van der Waals surface area contributed by atoms with Crippen molar-refractivity contribution in [1.82, 2.24) is 26.2 Å². The lowest BCUT2D eigenvalue weighted by Gasteiger charge is -2.36. The van der Waals surface area contributed by atoms with Crippen LogP contribution < -0.4 is 27.0 Å². The van der Waals surface area contributed by atoms with E-state index in [1.54, 1.807) is 20.8 Å². The quantitative estimate of drug-likeness (QED) is 0.203. The lowest BCUT2D eigenvalue weighted by molar-refractivity contribution is -0.143. The molecule has 1 aromatic rings. The molecule has 3 unspecified atom stereocenters. The molecule has 50 heavy (non-hydrogen) atoms. The van der Waals surface area contributed by atoms with Crippen LogP contribution in [0.5, 0.6) is 0 Å². The molecule has 1 heterocycles. The molecule has 6 N–H and O–H groups in total. The second-order valence-corrected chi connectivity index (χ2v) is 15.0. The maximum absolute atomic E-state index is 13.7. The number of amides is 6. The number of primary amides is 1. The van der Waals surface area contributed by atoms with Gasteiger partial charge < -0.3 is 31.9 Å². The van der Waals surface area contributed by atoms with Gasteiger partial charge in [-0.05, 0) is 42.1 Å². The number of Topliss-reactive ketones (excluding diaryl/α,β-unsaturated/α-hetero) is 1. The molecule has 6 amide bonds. The second kappa shape index (κ2) is 21.3. The lowest BCUT2D eigenvalue weighted by atomic mass is 9.80. The third-order valence-electron chi connectivity index (χ3n) is 9.28. The third kappa shape index (κ3) is 14.5. The first kappa shape index (κ1) is 42.2. The summed E-state index contributed by atoms with van der Waals surface area (Å²) < 4.78 is 0. The van der Waals surface area contributed by atoms with Gasteiger partial charge in [0.1, 0.15) is 12.1 Å². The minimum atomic E-state index is -1.11. The smallest absolute Gasteiger partial charge is 0.315 e. The highest BCUT2D eigenvalue weighted by atomic mass is 16.2. The van der Waals surface area contributed by atoms with Gasteiger partial charge in [-0.3, -0.25) is 24.0 Å². The Morgan fingerprint density at radius 1 is 0.860 bits per heavy atom. The van der Waals surface area contributed by atoms with Crippen LogP contribution in [0.3, 0.4) is 0 Å². The lowest BCUT2D eigenvalue weighted by Crippen LogP contribution is -2.60. The zero-order chi connectivity index (χ0) is 37.3. The Labute approximate surface area is 298 Å². The van der Waals surface area contributed by atoms with Crippen LogP contribution in [0.4, 0.5) is 4.79 Å². The summed E-state index contributed by atoms with van der Waals surface area (Å²) in [5.41, 5.74) is 5.42. The first-order chi connectivity index (χ1) is 23.7. The van der Waals surface area contributed by atoms with E-state index in [0.717, 1.165) is 30.7 Å². The molecule has 280 valence electrons. The van der Waals surface area contributed by atoms with Gasteiger partial charge in [0, 0.05) is 13.1 Å². The highest BCUT2D eigenvalue weighted by Crippen LogP contribution is 2.31. The predicted octanol–water partition coefficient (Wildman–Crippen LogP) is 4.35. The van der Waals surface area contributed by atoms with Crippen molar-refractivity contribution in [2.24, 2.45) is 23.0 Å². The summed E-state index contributed by atoms with van der Waals surface area (Å²) in [5, 5.41) is 10.5. The van der Waals surface area contributed by atoms with Crippen LogP contribution in [0.15, 0.2) is 30.3 Å². The predicted molar refractivity (Wildman–Crippen MR) is 194 cm³/mol. The fraction of sp³-hybridized carbons (Fsp3) is 0.684. The summed E-state index contributed by atoms with van der Waals surface area (Å²) in [6.07, 6.45) is 11.3. The van der Waals surface area contributed by atoms with E-state index in [9.17, 15) is 28.8 Å². The van der Waals surface area contributed by atoms with E-state index in [1.165, 1.54) is 37.0 Å². The van der Waals surface area contributed by atoms with E-state index in [2.05, 4.69) is 42.0 Å². The minimum Gasteiger partial charge on any atom is -0.363 e. The van der Waals surface area contributed by atoms with Gasteiger partial charge >= 0.3 is 6.03 Å².